The lowest BCUT2D eigenvalue weighted by Gasteiger charge is -2.25. The molecule has 22 heteroatoms. The number of likely N-dealkylation sites (tertiary alicyclic amines) is 1. The number of carbonyl (C=O) groups is 2. The molecular formula is C63H68BrF6N11O4. The molecule has 4 amide bonds. The van der Waals surface area contributed by atoms with Gasteiger partial charge in [0.05, 0.1) is 13.1 Å². The van der Waals surface area contributed by atoms with Gasteiger partial charge in [-0.25, -0.2) is 18.4 Å². The average molecular weight is 1240 g/mol. The first-order chi connectivity index (χ1) is 41.4. The molecule has 0 saturated carbocycles. The summed E-state index contributed by atoms with van der Waals surface area (Å²) in [7, 11) is 0. The number of urea groups is 2. The van der Waals surface area contributed by atoms with Gasteiger partial charge >= 0.3 is 24.9 Å². The monoisotopic (exact) mass is 1240 g/mol. The lowest BCUT2D eigenvalue weighted by atomic mass is 10.1. The van der Waals surface area contributed by atoms with Crippen LogP contribution in [0.4, 0.5) is 47.3 Å². The predicted molar refractivity (Wildman–Crippen MR) is 318 cm³/mol. The van der Waals surface area contributed by atoms with Gasteiger partial charge in [0.25, 0.3) is 11.8 Å². The van der Waals surface area contributed by atoms with Crippen molar-refractivity contribution >= 4 is 39.4 Å². The first-order valence-electron chi connectivity index (χ1n) is 28.2. The highest BCUT2D eigenvalue weighted by Gasteiger charge is 2.24. The van der Waals surface area contributed by atoms with Gasteiger partial charge in [-0.2, -0.15) is 17.6 Å². The number of aromatic nitrogens is 4. The van der Waals surface area contributed by atoms with Gasteiger partial charge in [0, 0.05) is 84.8 Å². The third kappa shape index (κ3) is 19.6. The zero-order valence-corrected chi connectivity index (χ0v) is 48.5. The zero-order valence-electron chi connectivity index (χ0n) is 46.9. The van der Waals surface area contributed by atoms with E-state index in [4.69, 9.17) is 8.83 Å². The van der Waals surface area contributed by atoms with Crippen molar-refractivity contribution in [3.8, 4) is 22.9 Å². The number of carbonyl (C=O) groups excluding carboxylic acids is 2. The van der Waals surface area contributed by atoms with Crippen molar-refractivity contribution in [2.45, 2.75) is 71.1 Å². The van der Waals surface area contributed by atoms with Crippen LogP contribution in [-0.4, -0.2) is 111 Å². The first-order valence-corrected chi connectivity index (χ1v) is 29.3. The number of amides is 4. The average Bonchev–Trinajstić information content (AvgIpc) is 4.35. The highest BCUT2D eigenvalue weighted by molar-refractivity contribution is 9.09. The molecular weight excluding hydrogens is 1170 g/mol. The second-order valence-electron chi connectivity index (χ2n) is 20.2. The number of anilines is 2. The summed E-state index contributed by atoms with van der Waals surface area (Å²) in [4.78, 5) is 36.2. The largest absolute Gasteiger partial charge is 0.415 e. The number of hydrogen-bond acceptors (Lipinski definition) is 11. The van der Waals surface area contributed by atoms with Crippen LogP contribution in [0.15, 0.2) is 167 Å². The summed E-state index contributed by atoms with van der Waals surface area (Å²) < 4.78 is 90.4. The molecule has 15 nitrogen and oxygen atoms in total. The van der Waals surface area contributed by atoms with Crippen LogP contribution in [0, 0.1) is 11.6 Å². The van der Waals surface area contributed by atoms with Crippen LogP contribution < -0.4 is 20.4 Å². The van der Waals surface area contributed by atoms with E-state index in [1.807, 2.05) is 30.3 Å². The fourth-order valence-corrected chi connectivity index (χ4v) is 9.86. The number of benzene rings is 6. The molecule has 0 bridgehead atoms. The number of halogens is 7. The van der Waals surface area contributed by atoms with Crippen LogP contribution in [0.25, 0.3) is 22.9 Å². The Hall–Kier alpha value is -7.92. The molecule has 2 aliphatic heterocycles. The maximum absolute atomic E-state index is 15.1. The van der Waals surface area contributed by atoms with Crippen LogP contribution in [0.1, 0.15) is 79.0 Å². The van der Waals surface area contributed by atoms with E-state index in [2.05, 4.69) is 116 Å². The van der Waals surface area contributed by atoms with Crippen LogP contribution in [0.3, 0.4) is 0 Å². The van der Waals surface area contributed by atoms with Gasteiger partial charge in [-0.15, -0.1) is 20.4 Å². The Morgan fingerprint density at radius 3 is 1.32 bits per heavy atom. The molecule has 8 aromatic rings. The summed E-state index contributed by atoms with van der Waals surface area (Å²) in [5.74, 6) is -3.32. The molecule has 4 heterocycles. The summed E-state index contributed by atoms with van der Waals surface area (Å²) in [6.07, 6.45) is 0.843. The lowest BCUT2D eigenvalue weighted by Crippen LogP contribution is -2.43. The molecule has 0 radical (unpaired) electrons. The molecule has 2 aromatic heterocycles. The minimum absolute atomic E-state index is 0.0314. The van der Waals surface area contributed by atoms with Crippen molar-refractivity contribution in [2.24, 2.45) is 0 Å². The zero-order chi connectivity index (χ0) is 59.8. The predicted octanol–water partition coefficient (Wildman–Crippen LogP) is 13.7. The van der Waals surface area contributed by atoms with Gasteiger partial charge in [-0.1, -0.05) is 138 Å². The second-order valence-corrected chi connectivity index (χ2v) is 21.0. The number of rotatable bonds is 19. The van der Waals surface area contributed by atoms with E-state index >= 15 is 4.39 Å². The van der Waals surface area contributed by atoms with E-state index in [1.54, 1.807) is 36.4 Å². The van der Waals surface area contributed by atoms with Crippen molar-refractivity contribution in [3.05, 3.63) is 203 Å². The SMILES string of the molecule is O=C(NCCBr)N(Cc1ccc(-c2nnc(C(F)F)o2)cc1F)c1ccccc1.O=C(NCCN1CCCN(Cc2ccccc2)CC1)N(Cc1ccc(-c2nnc(C(F)F)o2)cc1F)c1ccccc1.c1ccc(CN2CCCCCC2)cc1. The standard InChI is InChI=1S/C31H33F3N6O2.C19H16BrF3N4O2.C13H19N/c32-27-20-24(29-36-37-30(42-29)28(33)34)12-13-25(27)22-40(26-10-5-2-6-11-26)31(41)35-14-17-38-15-7-16-39(19-18-38)21-23-8-3-1-4-9-23;20-8-9-24-19(28)27(14-4-2-1-3-5-14)11-13-7-6-12(10-15(13)21)17-25-26-18(29-17)16(22)23;1-2-7-11-14(10-6-1)12-13-8-4-3-5-9-13/h1-6,8-13,20,28H,7,14-19,21-22H2,(H,35,41);1-7,10,16H,8-9,11H2,(H,24,28);3-5,8-9H,1-2,6-7,10-12H2. The molecule has 0 atom stereocenters. The Balaban J connectivity index is 0.000000188. The summed E-state index contributed by atoms with van der Waals surface area (Å²) in [5, 5.41) is 19.9. The Morgan fingerprint density at radius 1 is 0.494 bits per heavy atom. The van der Waals surface area contributed by atoms with Crippen molar-refractivity contribution < 1.29 is 44.8 Å². The van der Waals surface area contributed by atoms with Crippen LogP contribution in [-0.2, 0) is 26.2 Å². The maximum Gasteiger partial charge on any atom is 0.322 e. The Bertz CT molecular complexity index is 3270. The van der Waals surface area contributed by atoms with E-state index < -0.39 is 36.3 Å². The number of alkyl halides is 5. The van der Waals surface area contributed by atoms with Gasteiger partial charge < -0.3 is 24.4 Å². The second kappa shape index (κ2) is 33.0. The van der Waals surface area contributed by atoms with E-state index in [-0.39, 0.29) is 59.2 Å². The van der Waals surface area contributed by atoms with Crippen LogP contribution >= 0.6 is 15.9 Å². The molecule has 6 aromatic carbocycles. The van der Waals surface area contributed by atoms with Gasteiger partial charge in [0.2, 0.25) is 11.8 Å². The number of nitrogens with one attached hydrogen (secondary N) is 2. The highest BCUT2D eigenvalue weighted by atomic mass is 79.9. The van der Waals surface area contributed by atoms with Crippen molar-refractivity contribution in [2.75, 3.05) is 74.0 Å². The molecule has 0 unspecified atom stereocenters. The van der Waals surface area contributed by atoms with Gasteiger partial charge in [0.1, 0.15) is 11.6 Å². The Kier molecular flexibility index (Phi) is 24.5. The quantitative estimate of drug-likeness (QED) is 0.0588. The summed E-state index contributed by atoms with van der Waals surface area (Å²) in [5.41, 5.74) is 4.80. The van der Waals surface area contributed by atoms with Crippen molar-refractivity contribution in [1.82, 2.24) is 45.7 Å². The van der Waals surface area contributed by atoms with Gasteiger partial charge in [-0.05, 0) is 105 Å². The smallest absolute Gasteiger partial charge is 0.322 e. The van der Waals surface area contributed by atoms with E-state index in [9.17, 15) is 31.5 Å². The minimum atomic E-state index is -2.91. The van der Waals surface area contributed by atoms with Crippen molar-refractivity contribution in [1.29, 1.82) is 0 Å². The van der Waals surface area contributed by atoms with Gasteiger partial charge in [0.15, 0.2) is 0 Å². The summed E-state index contributed by atoms with van der Waals surface area (Å²) in [6.45, 7) is 10.0. The first kappa shape index (κ1) is 63.1. The third-order valence-electron chi connectivity index (χ3n) is 14.1. The maximum atomic E-state index is 15.1. The number of hydrogen-bond donors (Lipinski definition) is 2. The third-order valence-corrected chi connectivity index (χ3v) is 14.5. The lowest BCUT2D eigenvalue weighted by molar-refractivity contribution is 0.115. The van der Waals surface area contributed by atoms with E-state index in [0.29, 0.717) is 36.3 Å². The van der Waals surface area contributed by atoms with E-state index in [0.717, 1.165) is 57.8 Å². The fourth-order valence-electron chi connectivity index (χ4n) is 9.66. The van der Waals surface area contributed by atoms with Crippen LogP contribution in [0.5, 0.6) is 0 Å². The molecule has 2 N–H and O–H groups in total. The highest BCUT2D eigenvalue weighted by Crippen LogP contribution is 2.29. The Morgan fingerprint density at radius 2 is 0.894 bits per heavy atom. The topological polar surface area (TPSA) is 152 Å². The van der Waals surface area contributed by atoms with E-state index in [1.165, 1.54) is 84.0 Å². The molecule has 85 heavy (non-hydrogen) atoms. The molecule has 2 fully saturated rings. The number of nitrogens with zero attached hydrogens (tertiary/aromatic N) is 9. The van der Waals surface area contributed by atoms with Gasteiger partial charge in [-0.3, -0.25) is 19.6 Å². The molecule has 2 aliphatic rings. The minimum Gasteiger partial charge on any atom is -0.415 e. The molecule has 448 valence electrons. The summed E-state index contributed by atoms with van der Waals surface area (Å²) >= 11 is 3.24. The molecule has 0 aliphatic carbocycles. The molecule has 2 saturated heterocycles. The molecule has 10 rings (SSSR count). The fraction of sp³-hybridized carbons (Fsp3) is 0.333. The Labute approximate surface area is 499 Å². The van der Waals surface area contributed by atoms with Crippen LogP contribution in [0.2, 0.25) is 0 Å². The normalized spacial score (nSPS) is 14.1. The van der Waals surface area contributed by atoms with Crippen molar-refractivity contribution in [3.63, 3.8) is 0 Å². The summed E-state index contributed by atoms with van der Waals surface area (Å²) in [6, 6.07) is 46.6. The molecule has 0 spiro atoms. The number of para-hydroxylation sites is 2.